The number of aromatic nitrogens is 2. The number of ether oxygens (including phenoxy) is 1. The number of nitrogens with one attached hydrogen (secondary N) is 2. The fourth-order valence-electron chi connectivity index (χ4n) is 4.41. The van der Waals surface area contributed by atoms with E-state index in [1.807, 2.05) is 72.8 Å². The number of hydrogen-bond donors (Lipinski definition) is 3. The van der Waals surface area contributed by atoms with Crippen molar-refractivity contribution in [2.45, 2.75) is 12.5 Å². The summed E-state index contributed by atoms with van der Waals surface area (Å²) in [6, 6.07) is 25.1. The summed E-state index contributed by atoms with van der Waals surface area (Å²) in [5, 5.41) is 17.5. The van der Waals surface area contributed by atoms with Crippen LogP contribution in [0.25, 0.3) is 27.7 Å². The highest BCUT2D eigenvalue weighted by Crippen LogP contribution is 2.31. The zero-order chi connectivity index (χ0) is 27.4. The minimum Gasteiger partial charge on any atom is -0.480 e. The molecule has 1 unspecified atom stereocenters. The predicted octanol–water partition coefficient (Wildman–Crippen LogP) is 4.17. The molecule has 9 nitrogen and oxygen atoms in total. The van der Waals surface area contributed by atoms with Crippen LogP contribution in [0.2, 0.25) is 0 Å². The molecule has 0 radical (unpaired) electrons. The van der Waals surface area contributed by atoms with Crippen LogP contribution >= 0.6 is 0 Å². The van der Waals surface area contributed by atoms with Gasteiger partial charge in [-0.1, -0.05) is 66.7 Å². The van der Waals surface area contributed by atoms with Crippen LogP contribution in [0.4, 0.5) is 5.82 Å². The van der Waals surface area contributed by atoms with Gasteiger partial charge in [0.15, 0.2) is 0 Å². The molecule has 0 spiro atoms. The maximum atomic E-state index is 13.1. The first-order valence-electron chi connectivity index (χ1n) is 12.3. The van der Waals surface area contributed by atoms with Crippen LogP contribution in [-0.2, 0) is 20.7 Å². The average Bonchev–Trinajstić information content (AvgIpc) is 3.33. The lowest BCUT2D eigenvalue weighted by Gasteiger charge is -2.15. The Bertz CT molecular complexity index is 1680. The fraction of sp³-hybridized carbons (Fsp3) is 0.133. The Balaban J connectivity index is 1.49. The molecule has 0 aliphatic carbocycles. The molecule has 39 heavy (non-hydrogen) atoms. The van der Waals surface area contributed by atoms with E-state index in [1.54, 1.807) is 22.7 Å². The summed E-state index contributed by atoms with van der Waals surface area (Å²) in [6.07, 6.45) is 1.82. The standard InChI is InChI=1S/C30H26N4O5/c1-39-26(35)18-31-28-27(22-12-11-20-9-5-6-10-21(20)16-22)33-25-17-23(13-14-34(25)28)29(36)32-24(30(37)38)15-19-7-3-2-4-8-19/h2-14,16-17,24,31H,15,18H2,1H3,(H,32,36)(H,37,38). The van der Waals surface area contributed by atoms with Crippen LogP contribution in [-0.4, -0.2) is 52.0 Å². The molecule has 2 aromatic heterocycles. The number of carboxylic acids is 1. The zero-order valence-corrected chi connectivity index (χ0v) is 21.1. The Hall–Kier alpha value is -5.18. The topological polar surface area (TPSA) is 122 Å². The zero-order valence-electron chi connectivity index (χ0n) is 21.1. The van der Waals surface area contributed by atoms with Crippen molar-refractivity contribution in [1.82, 2.24) is 14.7 Å². The molecule has 0 saturated carbocycles. The van der Waals surface area contributed by atoms with Gasteiger partial charge < -0.3 is 20.5 Å². The molecule has 196 valence electrons. The molecule has 1 atom stereocenters. The van der Waals surface area contributed by atoms with Crippen molar-refractivity contribution in [2.75, 3.05) is 19.0 Å². The third kappa shape index (κ3) is 5.57. The number of imidazole rings is 1. The van der Waals surface area contributed by atoms with Gasteiger partial charge in [-0.25, -0.2) is 9.78 Å². The van der Waals surface area contributed by atoms with E-state index in [-0.39, 0.29) is 18.5 Å². The molecule has 1 amide bonds. The molecule has 3 N–H and O–H groups in total. The minimum absolute atomic E-state index is 0.0765. The van der Waals surface area contributed by atoms with Crippen molar-refractivity contribution in [3.63, 3.8) is 0 Å². The summed E-state index contributed by atoms with van der Waals surface area (Å²) in [5.41, 5.74) is 2.93. The van der Waals surface area contributed by atoms with Gasteiger partial charge in [0, 0.05) is 23.7 Å². The molecule has 5 rings (SSSR count). The van der Waals surface area contributed by atoms with E-state index in [0.717, 1.165) is 21.9 Å². The number of carboxylic acid groups (broad SMARTS) is 1. The van der Waals surface area contributed by atoms with Crippen LogP contribution in [0.5, 0.6) is 0 Å². The number of nitrogens with zero attached hydrogens (tertiary/aromatic N) is 2. The molecule has 0 aliphatic rings. The highest BCUT2D eigenvalue weighted by Gasteiger charge is 2.22. The van der Waals surface area contributed by atoms with E-state index in [0.29, 0.717) is 17.2 Å². The van der Waals surface area contributed by atoms with Crippen LogP contribution in [0.1, 0.15) is 15.9 Å². The molecule has 0 fully saturated rings. The second kappa shape index (κ2) is 11.1. The number of fused-ring (bicyclic) bond motifs is 2. The molecule has 3 aromatic carbocycles. The third-order valence-electron chi connectivity index (χ3n) is 6.43. The average molecular weight is 523 g/mol. The Morgan fingerprint density at radius 1 is 0.949 bits per heavy atom. The van der Waals surface area contributed by atoms with Gasteiger partial charge in [-0.3, -0.25) is 14.0 Å². The molecular weight excluding hydrogens is 496 g/mol. The number of hydrogen-bond acceptors (Lipinski definition) is 6. The number of methoxy groups -OCH3 is 1. The Labute approximate surface area is 224 Å². The van der Waals surface area contributed by atoms with Crippen molar-refractivity contribution < 1.29 is 24.2 Å². The summed E-state index contributed by atoms with van der Waals surface area (Å²) in [5.74, 6) is -1.53. The number of carbonyl (C=O) groups excluding carboxylic acids is 2. The van der Waals surface area contributed by atoms with Gasteiger partial charge in [0.1, 0.15) is 29.7 Å². The number of benzene rings is 3. The van der Waals surface area contributed by atoms with Gasteiger partial charge >= 0.3 is 11.9 Å². The molecule has 0 aliphatic heterocycles. The maximum absolute atomic E-state index is 13.1. The summed E-state index contributed by atoms with van der Waals surface area (Å²) in [6.45, 7) is -0.0765. The largest absolute Gasteiger partial charge is 0.480 e. The molecular formula is C30H26N4O5. The molecule has 2 heterocycles. The van der Waals surface area contributed by atoms with Crippen LogP contribution in [0.15, 0.2) is 91.1 Å². The lowest BCUT2D eigenvalue weighted by molar-refractivity contribution is -0.139. The SMILES string of the molecule is COC(=O)CNc1c(-c2ccc3ccccc3c2)nc2cc(C(=O)NC(Cc3ccccc3)C(=O)O)ccn12. The van der Waals surface area contributed by atoms with Gasteiger partial charge in [-0.05, 0) is 34.5 Å². The van der Waals surface area contributed by atoms with E-state index in [9.17, 15) is 19.5 Å². The van der Waals surface area contributed by atoms with Crippen LogP contribution in [0, 0.1) is 0 Å². The first-order valence-corrected chi connectivity index (χ1v) is 12.3. The molecule has 5 aromatic rings. The quantitative estimate of drug-likeness (QED) is 0.249. The van der Waals surface area contributed by atoms with Crippen molar-refractivity contribution in [1.29, 1.82) is 0 Å². The molecule has 9 heteroatoms. The monoisotopic (exact) mass is 522 g/mol. The van der Waals surface area contributed by atoms with Crippen molar-refractivity contribution >= 4 is 40.1 Å². The number of amides is 1. The lowest BCUT2D eigenvalue weighted by atomic mass is 10.1. The third-order valence-corrected chi connectivity index (χ3v) is 6.43. The normalized spacial score (nSPS) is 11.7. The number of rotatable bonds is 9. The van der Waals surface area contributed by atoms with E-state index >= 15 is 0 Å². The van der Waals surface area contributed by atoms with E-state index < -0.39 is 23.9 Å². The number of anilines is 1. The first kappa shape index (κ1) is 25.5. The highest BCUT2D eigenvalue weighted by atomic mass is 16.5. The molecule has 0 saturated heterocycles. The number of esters is 1. The predicted molar refractivity (Wildman–Crippen MR) is 148 cm³/mol. The lowest BCUT2D eigenvalue weighted by Crippen LogP contribution is -2.42. The van der Waals surface area contributed by atoms with Crippen molar-refractivity contribution in [2.24, 2.45) is 0 Å². The second-order valence-electron chi connectivity index (χ2n) is 9.00. The smallest absolute Gasteiger partial charge is 0.326 e. The fourth-order valence-corrected chi connectivity index (χ4v) is 4.41. The summed E-state index contributed by atoms with van der Waals surface area (Å²) < 4.78 is 6.52. The maximum Gasteiger partial charge on any atom is 0.326 e. The number of aliphatic carboxylic acids is 1. The van der Waals surface area contributed by atoms with Gasteiger partial charge in [0.2, 0.25) is 0 Å². The van der Waals surface area contributed by atoms with Gasteiger partial charge in [0.25, 0.3) is 5.91 Å². The summed E-state index contributed by atoms with van der Waals surface area (Å²) >= 11 is 0. The van der Waals surface area contributed by atoms with Gasteiger partial charge in [-0.2, -0.15) is 0 Å². The van der Waals surface area contributed by atoms with Gasteiger partial charge in [0.05, 0.1) is 7.11 Å². The summed E-state index contributed by atoms with van der Waals surface area (Å²) in [7, 11) is 1.32. The van der Waals surface area contributed by atoms with Crippen molar-refractivity contribution in [3.8, 4) is 11.3 Å². The Kier molecular flexibility index (Phi) is 7.22. The van der Waals surface area contributed by atoms with E-state index in [2.05, 4.69) is 10.6 Å². The second-order valence-corrected chi connectivity index (χ2v) is 9.00. The van der Waals surface area contributed by atoms with E-state index in [1.165, 1.54) is 7.11 Å². The Morgan fingerprint density at radius 3 is 2.44 bits per heavy atom. The first-order chi connectivity index (χ1) is 18.9. The van der Waals surface area contributed by atoms with Crippen LogP contribution < -0.4 is 10.6 Å². The summed E-state index contributed by atoms with van der Waals surface area (Å²) in [4.78, 5) is 41.6. The van der Waals surface area contributed by atoms with Gasteiger partial charge in [-0.15, -0.1) is 0 Å². The number of carbonyl (C=O) groups is 3. The van der Waals surface area contributed by atoms with Crippen LogP contribution in [0.3, 0.4) is 0 Å². The molecule has 0 bridgehead atoms. The number of pyridine rings is 1. The minimum atomic E-state index is -1.12. The Morgan fingerprint density at radius 2 is 1.69 bits per heavy atom. The van der Waals surface area contributed by atoms with Crippen molar-refractivity contribution in [3.05, 3.63) is 102 Å². The highest BCUT2D eigenvalue weighted by molar-refractivity contribution is 5.98. The van der Waals surface area contributed by atoms with E-state index in [4.69, 9.17) is 9.72 Å².